The van der Waals surface area contributed by atoms with E-state index in [4.69, 9.17) is 12.2 Å². The van der Waals surface area contributed by atoms with Crippen molar-refractivity contribution in [2.24, 2.45) is 0 Å². The number of carbonyl (C=O) groups excluding carboxylic acids is 1. The standard InChI is InChI=1S/C22H16N2O2S/c25-20-10-4-7-17-18(20)8-3-9-19(17)23-22(27)24-21(26)16-12-11-14-5-1-2-6-15(14)13-16/h1-13,25H,(H2,23,24,26,27). The fourth-order valence-electron chi connectivity index (χ4n) is 3.06. The zero-order valence-corrected chi connectivity index (χ0v) is 15.1. The molecule has 0 heterocycles. The number of carbonyl (C=O) groups is 1. The molecule has 0 unspecified atom stereocenters. The third kappa shape index (κ3) is 3.45. The van der Waals surface area contributed by atoms with Crippen molar-refractivity contribution in [3.05, 3.63) is 84.4 Å². The minimum Gasteiger partial charge on any atom is -0.507 e. The number of nitrogens with one attached hydrogen (secondary N) is 2. The summed E-state index contributed by atoms with van der Waals surface area (Å²) < 4.78 is 0. The van der Waals surface area contributed by atoms with Crippen molar-refractivity contribution < 1.29 is 9.90 Å². The van der Waals surface area contributed by atoms with Gasteiger partial charge < -0.3 is 10.4 Å². The van der Waals surface area contributed by atoms with Gasteiger partial charge in [-0.25, -0.2) is 0 Å². The largest absolute Gasteiger partial charge is 0.507 e. The van der Waals surface area contributed by atoms with Crippen LogP contribution in [-0.2, 0) is 0 Å². The van der Waals surface area contributed by atoms with Gasteiger partial charge in [0.1, 0.15) is 5.75 Å². The molecule has 4 nitrogen and oxygen atoms in total. The van der Waals surface area contributed by atoms with Gasteiger partial charge in [0.15, 0.2) is 5.11 Å². The fourth-order valence-corrected chi connectivity index (χ4v) is 3.26. The van der Waals surface area contributed by atoms with Crippen molar-refractivity contribution >= 4 is 50.5 Å². The number of phenols is 1. The molecule has 0 fully saturated rings. The Bertz CT molecular complexity index is 1190. The summed E-state index contributed by atoms with van der Waals surface area (Å²) in [5, 5.41) is 19.5. The van der Waals surface area contributed by atoms with Crippen LogP contribution >= 0.6 is 12.2 Å². The van der Waals surface area contributed by atoms with E-state index in [-0.39, 0.29) is 16.8 Å². The van der Waals surface area contributed by atoms with Crippen LogP contribution in [0.5, 0.6) is 5.75 Å². The van der Waals surface area contributed by atoms with Crippen LogP contribution in [0.3, 0.4) is 0 Å². The highest BCUT2D eigenvalue weighted by Crippen LogP contribution is 2.29. The number of rotatable bonds is 2. The predicted octanol–water partition coefficient (Wildman–Crippen LogP) is 4.83. The molecule has 3 N–H and O–H groups in total. The number of hydrogen-bond donors (Lipinski definition) is 3. The third-order valence-electron chi connectivity index (χ3n) is 4.39. The maximum Gasteiger partial charge on any atom is 0.257 e. The van der Waals surface area contributed by atoms with Crippen molar-refractivity contribution in [2.75, 3.05) is 5.32 Å². The molecule has 0 saturated carbocycles. The van der Waals surface area contributed by atoms with Crippen LogP contribution in [-0.4, -0.2) is 16.1 Å². The van der Waals surface area contributed by atoms with Gasteiger partial charge in [-0.15, -0.1) is 0 Å². The Morgan fingerprint density at radius 2 is 1.56 bits per heavy atom. The molecule has 4 rings (SSSR count). The van der Waals surface area contributed by atoms with Gasteiger partial charge in [-0.05, 0) is 47.3 Å². The zero-order chi connectivity index (χ0) is 18.8. The second-order valence-electron chi connectivity index (χ2n) is 6.15. The SMILES string of the molecule is O=C(NC(=S)Nc1cccc2c(O)cccc12)c1ccc2ccccc2c1. The molecule has 0 aromatic heterocycles. The molecular weight excluding hydrogens is 356 g/mol. The predicted molar refractivity (Wildman–Crippen MR) is 113 cm³/mol. The highest BCUT2D eigenvalue weighted by atomic mass is 32.1. The average molecular weight is 372 g/mol. The summed E-state index contributed by atoms with van der Waals surface area (Å²) >= 11 is 5.30. The Morgan fingerprint density at radius 3 is 2.41 bits per heavy atom. The first-order valence-corrected chi connectivity index (χ1v) is 8.84. The summed E-state index contributed by atoms with van der Waals surface area (Å²) in [6.07, 6.45) is 0. The van der Waals surface area contributed by atoms with Gasteiger partial charge in [0, 0.05) is 22.0 Å². The lowest BCUT2D eigenvalue weighted by atomic mass is 10.1. The van der Waals surface area contributed by atoms with Crippen molar-refractivity contribution in [1.29, 1.82) is 0 Å². The summed E-state index contributed by atoms with van der Waals surface area (Å²) in [5.41, 5.74) is 1.25. The number of fused-ring (bicyclic) bond motifs is 2. The molecular formula is C22H16N2O2S. The third-order valence-corrected chi connectivity index (χ3v) is 4.59. The van der Waals surface area contributed by atoms with E-state index >= 15 is 0 Å². The van der Waals surface area contributed by atoms with E-state index < -0.39 is 0 Å². The lowest BCUT2D eigenvalue weighted by Gasteiger charge is -2.12. The van der Waals surface area contributed by atoms with Gasteiger partial charge in [-0.2, -0.15) is 0 Å². The number of phenolic OH excluding ortho intramolecular Hbond substituents is 1. The Labute approximate surface area is 161 Å². The molecule has 0 aliphatic heterocycles. The van der Waals surface area contributed by atoms with Gasteiger partial charge >= 0.3 is 0 Å². The maximum atomic E-state index is 12.5. The maximum absolute atomic E-state index is 12.5. The molecule has 132 valence electrons. The molecule has 0 aliphatic rings. The number of thiocarbonyl (C=S) groups is 1. The first-order chi connectivity index (χ1) is 13.1. The summed E-state index contributed by atoms with van der Waals surface area (Å²) in [6, 6.07) is 24.1. The average Bonchev–Trinajstić information content (AvgIpc) is 2.68. The minimum atomic E-state index is -0.277. The van der Waals surface area contributed by atoms with Crippen LogP contribution in [0.1, 0.15) is 10.4 Å². The van der Waals surface area contributed by atoms with Gasteiger partial charge in [-0.3, -0.25) is 10.1 Å². The van der Waals surface area contributed by atoms with Gasteiger partial charge in [0.2, 0.25) is 0 Å². The molecule has 5 heteroatoms. The molecule has 1 amide bonds. The van der Waals surface area contributed by atoms with Crippen molar-refractivity contribution in [3.8, 4) is 5.75 Å². The molecule has 0 radical (unpaired) electrons. The number of aromatic hydroxyl groups is 1. The van der Waals surface area contributed by atoms with E-state index in [0.29, 0.717) is 16.6 Å². The highest BCUT2D eigenvalue weighted by Gasteiger charge is 2.10. The van der Waals surface area contributed by atoms with Crippen molar-refractivity contribution in [1.82, 2.24) is 5.32 Å². The molecule has 0 atom stereocenters. The topological polar surface area (TPSA) is 61.4 Å². The molecule has 27 heavy (non-hydrogen) atoms. The van der Waals surface area contributed by atoms with Gasteiger partial charge in [-0.1, -0.05) is 54.6 Å². The second kappa shape index (κ2) is 7.05. The van der Waals surface area contributed by atoms with Crippen LogP contribution < -0.4 is 10.6 Å². The van der Waals surface area contributed by atoms with E-state index in [1.54, 1.807) is 18.2 Å². The Hall–Kier alpha value is -3.44. The van der Waals surface area contributed by atoms with Crippen LogP contribution in [0, 0.1) is 0 Å². The van der Waals surface area contributed by atoms with Gasteiger partial charge in [0.25, 0.3) is 5.91 Å². The molecule has 0 bridgehead atoms. The Kier molecular flexibility index (Phi) is 4.44. The Morgan fingerprint density at radius 1 is 0.815 bits per heavy atom. The zero-order valence-electron chi connectivity index (χ0n) is 14.3. The number of hydrogen-bond acceptors (Lipinski definition) is 3. The normalized spacial score (nSPS) is 10.7. The number of benzene rings is 4. The lowest BCUT2D eigenvalue weighted by molar-refractivity contribution is 0.0978. The lowest BCUT2D eigenvalue weighted by Crippen LogP contribution is -2.34. The van der Waals surface area contributed by atoms with Crippen molar-refractivity contribution in [2.45, 2.75) is 0 Å². The van der Waals surface area contributed by atoms with E-state index in [0.717, 1.165) is 16.2 Å². The molecule has 0 aliphatic carbocycles. The second-order valence-corrected chi connectivity index (χ2v) is 6.56. The van der Waals surface area contributed by atoms with Crippen LogP contribution in [0.15, 0.2) is 78.9 Å². The summed E-state index contributed by atoms with van der Waals surface area (Å²) in [5.74, 6) is -0.0800. The number of anilines is 1. The minimum absolute atomic E-state index is 0.197. The van der Waals surface area contributed by atoms with E-state index in [9.17, 15) is 9.90 Å². The fraction of sp³-hybridized carbons (Fsp3) is 0. The summed E-state index contributed by atoms with van der Waals surface area (Å²) in [4.78, 5) is 12.5. The van der Waals surface area contributed by atoms with E-state index in [1.807, 2.05) is 60.7 Å². The molecule has 4 aromatic carbocycles. The van der Waals surface area contributed by atoms with Crippen LogP contribution in [0.4, 0.5) is 5.69 Å². The molecule has 4 aromatic rings. The first kappa shape index (κ1) is 17.0. The van der Waals surface area contributed by atoms with E-state index in [2.05, 4.69) is 10.6 Å². The molecule has 0 spiro atoms. The summed E-state index contributed by atoms with van der Waals surface area (Å²) in [7, 11) is 0. The van der Waals surface area contributed by atoms with Crippen LogP contribution in [0.2, 0.25) is 0 Å². The number of amides is 1. The molecule has 0 saturated heterocycles. The highest BCUT2D eigenvalue weighted by molar-refractivity contribution is 7.80. The van der Waals surface area contributed by atoms with Crippen LogP contribution in [0.25, 0.3) is 21.5 Å². The first-order valence-electron chi connectivity index (χ1n) is 8.44. The quantitative estimate of drug-likeness (QED) is 0.441. The monoisotopic (exact) mass is 372 g/mol. The van der Waals surface area contributed by atoms with E-state index in [1.165, 1.54) is 0 Å². The van der Waals surface area contributed by atoms with Gasteiger partial charge in [0.05, 0.1) is 0 Å². The Balaban J connectivity index is 1.54. The summed E-state index contributed by atoms with van der Waals surface area (Å²) in [6.45, 7) is 0. The van der Waals surface area contributed by atoms with Crippen molar-refractivity contribution in [3.63, 3.8) is 0 Å². The smallest absolute Gasteiger partial charge is 0.257 e.